The molecule has 0 aliphatic rings. The van der Waals surface area contributed by atoms with Gasteiger partial charge in [-0.2, -0.15) is 0 Å². The number of nitrogens with one attached hydrogen (secondary N) is 1. The van der Waals surface area contributed by atoms with Crippen molar-refractivity contribution in [2.24, 2.45) is 0 Å². The molecule has 20 heavy (non-hydrogen) atoms. The molecule has 1 aromatic heterocycles. The molecule has 0 bridgehead atoms. The average Bonchev–Trinajstić information content (AvgIpc) is 2.49. The van der Waals surface area contributed by atoms with Gasteiger partial charge in [-0.25, -0.2) is 4.98 Å². The monoisotopic (exact) mass is 273 g/mol. The number of aryl methyl sites for hydroxylation is 1. The maximum absolute atomic E-state index is 11.9. The molecule has 1 aromatic carbocycles. The van der Waals surface area contributed by atoms with Crippen LogP contribution in [0.5, 0.6) is 5.75 Å². The number of anilines is 1. The summed E-state index contributed by atoms with van der Waals surface area (Å²) in [5.74, 6) is 1.25. The molecule has 0 atom stereocenters. The van der Waals surface area contributed by atoms with Crippen LogP contribution in [0.15, 0.2) is 41.5 Å². The first kappa shape index (κ1) is 14.1. The highest BCUT2D eigenvalue weighted by Gasteiger charge is 2.02. The fourth-order valence-electron chi connectivity index (χ4n) is 1.94. The minimum Gasteiger partial charge on any atom is -0.497 e. The van der Waals surface area contributed by atoms with E-state index in [-0.39, 0.29) is 5.56 Å². The Kier molecular flexibility index (Phi) is 4.76. The van der Waals surface area contributed by atoms with E-state index in [1.807, 2.05) is 31.2 Å². The van der Waals surface area contributed by atoms with E-state index in [2.05, 4.69) is 10.3 Å². The summed E-state index contributed by atoms with van der Waals surface area (Å²) >= 11 is 0. The highest BCUT2D eigenvalue weighted by atomic mass is 16.5. The molecule has 0 spiro atoms. The number of hydrogen-bond donors (Lipinski definition) is 1. The van der Waals surface area contributed by atoms with Gasteiger partial charge in [0.1, 0.15) is 5.75 Å². The molecule has 0 aliphatic heterocycles. The molecular weight excluding hydrogens is 254 g/mol. The zero-order valence-electron chi connectivity index (χ0n) is 11.8. The van der Waals surface area contributed by atoms with Crippen LogP contribution in [-0.2, 0) is 13.0 Å². The molecule has 0 fully saturated rings. The van der Waals surface area contributed by atoms with E-state index in [1.54, 1.807) is 24.1 Å². The van der Waals surface area contributed by atoms with Crippen LogP contribution >= 0.6 is 0 Å². The van der Waals surface area contributed by atoms with Crippen molar-refractivity contribution in [2.75, 3.05) is 19.0 Å². The first-order chi connectivity index (χ1) is 9.74. The molecule has 106 valence electrons. The number of methoxy groups -OCH3 is 1. The first-order valence-corrected chi connectivity index (χ1v) is 6.67. The smallest absolute Gasteiger partial charge is 0.293 e. The Morgan fingerprint density at radius 3 is 2.70 bits per heavy atom. The third kappa shape index (κ3) is 3.38. The lowest BCUT2D eigenvalue weighted by atomic mass is 10.1. The van der Waals surface area contributed by atoms with Crippen molar-refractivity contribution < 1.29 is 4.74 Å². The predicted octanol–water partition coefficient (Wildman–Crippen LogP) is 1.93. The van der Waals surface area contributed by atoms with E-state index < -0.39 is 0 Å². The van der Waals surface area contributed by atoms with Crippen molar-refractivity contribution in [1.82, 2.24) is 9.55 Å². The van der Waals surface area contributed by atoms with Gasteiger partial charge in [-0.05, 0) is 31.0 Å². The fraction of sp³-hybridized carbons (Fsp3) is 0.333. The summed E-state index contributed by atoms with van der Waals surface area (Å²) in [6, 6.07) is 7.90. The quantitative estimate of drug-likeness (QED) is 0.873. The zero-order valence-corrected chi connectivity index (χ0v) is 11.8. The van der Waals surface area contributed by atoms with Gasteiger partial charge >= 0.3 is 0 Å². The minimum absolute atomic E-state index is 0.0790. The number of hydrogen-bond acceptors (Lipinski definition) is 4. The number of rotatable bonds is 6. The molecule has 0 saturated heterocycles. The van der Waals surface area contributed by atoms with E-state index in [4.69, 9.17) is 4.74 Å². The molecular formula is C15H19N3O2. The molecule has 5 nitrogen and oxygen atoms in total. The van der Waals surface area contributed by atoms with Gasteiger partial charge in [-0.1, -0.05) is 12.1 Å². The lowest BCUT2D eigenvalue weighted by Gasteiger charge is -2.07. The van der Waals surface area contributed by atoms with E-state index in [0.717, 1.165) is 12.2 Å². The minimum atomic E-state index is -0.0790. The van der Waals surface area contributed by atoms with Gasteiger partial charge in [0.15, 0.2) is 5.82 Å². The molecule has 2 rings (SSSR count). The topological polar surface area (TPSA) is 56.1 Å². The van der Waals surface area contributed by atoms with Crippen LogP contribution in [0.4, 0.5) is 5.82 Å². The van der Waals surface area contributed by atoms with E-state index >= 15 is 0 Å². The molecule has 5 heteroatoms. The Labute approximate surface area is 118 Å². The van der Waals surface area contributed by atoms with Crippen molar-refractivity contribution in [3.63, 3.8) is 0 Å². The van der Waals surface area contributed by atoms with Crippen LogP contribution in [0.25, 0.3) is 0 Å². The summed E-state index contributed by atoms with van der Waals surface area (Å²) in [6.45, 7) is 3.25. The maximum Gasteiger partial charge on any atom is 0.293 e. The summed E-state index contributed by atoms with van der Waals surface area (Å²) in [6.07, 6.45) is 4.16. The molecule has 0 saturated carbocycles. The highest BCUT2D eigenvalue weighted by Crippen LogP contribution is 2.11. The van der Waals surface area contributed by atoms with Crippen molar-refractivity contribution in [2.45, 2.75) is 19.9 Å². The molecule has 2 aromatic rings. The molecule has 0 amide bonds. The van der Waals surface area contributed by atoms with Gasteiger partial charge in [-0.3, -0.25) is 4.79 Å². The second-order valence-corrected chi connectivity index (χ2v) is 4.39. The van der Waals surface area contributed by atoms with E-state index in [9.17, 15) is 4.79 Å². The molecule has 1 heterocycles. The van der Waals surface area contributed by atoms with Gasteiger partial charge in [0, 0.05) is 25.5 Å². The normalized spacial score (nSPS) is 10.3. The van der Waals surface area contributed by atoms with Crippen molar-refractivity contribution in [3.05, 3.63) is 52.6 Å². The predicted molar refractivity (Wildman–Crippen MR) is 79.4 cm³/mol. The third-order valence-electron chi connectivity index (χ3n) is 3.12. The number of benzene rings is 1. The van der Waals surface area contributed by atoms with Crippen molar-refractivity contribution in [3.8, 4) is 5.75 Å². The zero-order chi connectivity index (χ0) is 14.4. The number of aromatic nitrogens is 2. The standard InChI is InChI=1S/C15H19N3O2/c1-3-18-11-10-17-14(15(18)19)16-9-8-12-4-6-13(20-2)7-5-12/h4-7,10-11H,3,8-9H2,1-2H3,(H,16,17). The lowest BCUT2D eigenvalue weighted by Crippen LogP contribution is -2.24. The maximum atomic E-state index is 11.9. The first-order valence-electron chi connectivity index (χ1n) is 6.67. The summed E-state index contributed by atoms with van der Waals surface area (Å²) < 4.78 is 6.74. The van der Waals surface area contributed by atoms with E-state index in [1.165, 1.54) is 5.56 Å². The average molecular weight is 273 g/mol. The molecule has 0 radical (unpaired) electrons. The third-order valence-corrected chi connectivity index (χ3v) is 3.12. The number of nitrogens with zero attached hydrogens (tertiary/aromatic N) is 2. The van der Waals surface area contributed by atoms with Gasteiger partial charge in [0.2, 0.25) is 0 Å². The Morgan fingerprint density at radius 1 is 1.30 bits per heavy atom. The highest BCUT2D eigenvalue weighted by molar-refractivity contribution is 5.32. The Bertz CT molecular complexity index is 605. The van der Waals surface area contributed by atoms with Crippen LogP contribution in [0.2, 0.25) is 0 Å². The van der Waals surface area contributed by atoms with E-state index in [0.29, 0.717) is 18.9 Å². The van der Waals surface area contributed by atoms with Crippen LogP contribution < -0.4 is 15.6 Å². The number of ether oxygens (including phenoxy) is 1. The van der Waals surface area contributed by atoms with Crippen LogP contribution in [-0.4, -0.2) is 23.2 Å². The lowest BCUT2D eigenvalue weighted by molar-refractivity contribution is 0.414. The van der Waals surface area contributed by atoms with Crippen molar-refractivity contribution >= 4 is 5.82 Å². The van der Waals surface area contributed by atoms with Gasteiger partial charge in [0.25, 0.3) is 5.56 Å². The van der Waals surface area contributed by atoms with Crippen molar-refractivity contribution in [1.29, 1.82) is 0 Å². The van der Waals surface area contributed by atoms with Crippen LogP contribution in [0.3, 0.4) is 0 Å². The summed E-state index contributed by atoms with van der Waals surface area (Å²) in [7, 11) is 1.65. The largest absolute Gasteiger partial charge is 0.497 e. The SMILES string of the molecule is CCn1ccnc(NCCc2ccc(OC)cc2)c1=O. The van der Waals surface area contributed by atoms with Gasteiger partial charge in [0.05, 0.1) is 7.11 Å². The van der Waals surface area contributed by atoms with Crippen LogP contribution in [0, 0.1) is 0 Å². The Hall–Kier alpha value is -2.30. The molecule has 0 aliphatic carbocycles. The summed E-state index contributed by atoms with van der Waals surface area (Å²) in [5, 5.41) is 3.09. The van der Waals surface area contributed by atoms with Crippen LogP contribution in [0.1, 0.15) is 12.5 Å². The van der Waals surface area contributed by atoms with Gasteiger partial charge < -0.3 is 14.6 Å². The summed E-state index contributed by atoms with van der Waals surface area (Å²) in [4.78, 5) is 16.0. The second-order valence-electron chi connectivity index (χ2n) is 4.39. The fourth-order valence-corrected chi connectivity index (χ4v) is 1.94. The molecule has 1 N–H and O–H groups in total. The summed E-state index contributed by atoms with van der Waals surface area (Å²) in [5.41, 5.74) is 1.11. The Morgan fingerprint density at radius 2 is 2.05 bits per heavy atom. The second kappa shape index (κ2) is 6.75. The molecule has 0 unspecified atom stereocenters. The van der Waals surface area contributed by atoms with Gasteiger partial charge in [-0.15, -0.1) is 0 Å². The Balaban J connectivity index is 1.94.